The zero-order valence-electron chi connectivity index (χ0n) is 24.1. The third-order valence-corrected chi connectivity index (χ3v) is 7.51. The molecular formula is C32H27N5O7S. The number of rotatable bonds is 11. The Morgan fingerprint density at radius 2 is 1.53 bits per heavy atom. The highest BCUT2D eigenvalue weighted by atomic mass is 32.2. The second kappa shape index (κ2) is 14.6. The zero-order chi connectivity index (χ0) is 32.5. The van der Waals surface area contributed by atoms with Gasteiger partial charge in [-0.3, -0.25) is 34.6 Å². The van der Waals surface area contributed by atoms with Gasteiger partial charge in [-0.15, -0.1) is 11.8 Å². The molecule has 4 rings (SSSR count). The van der Waals surface area contributed by atoms with Crippen LogP contribution in [0.5, 0.6) is 0 Å². The number of carbonyl (C=O) groups excluding carboxylic acids is 3. The SMILES string of the molecule is Cc1cc([N+](=O)[O-])ccc1NC(=O)C(C)Sc1cccc(NC(=O)/C(=C\c2ccccc2[N+](=O)[O-])NC(=O)c2ccccc2)c1. The maximum absolute atomic E-state index is 13.4. The van der Waals surface area contributed by atoms with E-state index in [9.17, 15) is 34.6 Å². The van der Waals surface area contributed by atoms with Crippen molar-refractivity contribution in [2.75, 3.05) is 10.6 Å². The Morgan fingerprint density at radius 1 is 0.822 bits per heavy atom. The van der Waals surface area contributed by atoms with Crippen LogP contribution in [-0.2, 0) is 9.59 Å². The number of non-ortho nitro benzene ring substituents is 1. The molecule has 0 saturated carbocycles. The van der Waals surface area contributed by atoms with Crippen molar-refractivity contribution in [2.24, 2.45) is 0 Å². The lowest BCUT2D eigenvalue weighted by atomic mass is 10.1. The number of nitrogens with zero attached hydrogens (tertiary/aromatic N) is 2. The van der Waals surface area contributed by atoms with E-state index in [0.717, 1.165) is 0 Å². The van der Waals surface area contributed by atoms with Gasteiger partial charge in [0.05, 0.1) is 20.7 Å². The van der Waals surface area contributed by atoms with Gasteiger partial charge in [0.15, 0.2) is 0 Å². The van der Waals surface area contributed by atoms with Crippen LogP contribution in [0.1, 0.15) is 28.4 Å². The Hall–Kier alpha value is -5.82. The quantitative estimate of drug-likeness (QED) is 0.0749. The number of anilines is 2. The highest BCUT2D eigenvalue weighted by Crippen LogP contribution is 2.28. The molecule has 0 radical (unpaired) electrons. The summed E-state index contributed by atoms with van der Waals surface area (Å²) < 4.78 is 0. The van der Waals surface area contributed by atoms with Gasteiger partial charge < -0.3 is 16.0 Å². The Bertz CT molecular complexity index is 1810. The Balaban J connectivity index is 1.51. The van der Waals surface area contributed by atoms with E-state index < -0.39 is 26.9 Å². The fourth-order valence-corrected chi connectivity index (χ4v) is 5.04. The predicted molar refractivity (Wildman–Crippen MR) is 172 cm³/mol. The van der Waals surface area contributed by atoms with E-state index in [2.05, 4.69) is 16.0 Å². The van der Waals surface area contributed by atoms with Gasteiger partial charge in [-0.2, -0.15) is 0 Å². The van der Waals surface area contributed by atoms with E-state index in [1.807, 2.05) is 0 Å². The molecule has 45 heavy (non-hydrogen) atoms. The van der Waals surface area contributed by atoms with Crippen molar-refractivity contribution < 1.29 is 24.2 Å². The average molecular weight is 626 g/mol. The normalized spacial score (nSPS) is 11.6. The van der Waals surface area contributed by atoms with E-state index in [4.69, 9.17) is 0 Å². The standard InChI is InChI=1S/C32H27N5O7S/c1-20-17-25(36(41)42)15-16-27(20)34-30(38)21(2)45-26-13-8-12-24(19-26)33-32(40)28(35-31(39)22-9-4-3-5-10-22)18-23-11-6-7-14-29(23)37(43)44/h3-19,21H,1-2H3,(H,33,40)(H,34,38)(H,35,39)/b28-18+. The molecule has 0 aliphatic heterocycles. The van der Waals surface area contributed by atoms with Crippen LogP contribution in [0.4, 0.5) is 22.7 Å². The highest BCUT2D eigenvalue weighted by molar-refractivity contribution is 8.00. The lowest BCUT2D eigenvalue weighted by Crippen LogP contribution is -2.30. The van der Waals surface area contributed by atoms with Crippen molar-refractivity contribution in [1.29, 1.82) is 0 Å². The first-order valence-electron chi connectivity index (χ1n) is 13.5. The second-order valence-electron chi connectivity index (χ2n) is 9.68. The van der Waals surface area contributed by atoms with Crippen LogP contribution < -0.4 is 16.0 Å². The minimum absolute atomic E-state index is 0.0774. The lowest BCUT2D eigenvalue weighted by Gasteiger charge is -2.15. The molecule has 0 fully saturated rings. The summed E-state index contributed by atoms with van der Waals surface area (Å²) in [6.45, 7) is 3.35. The van der Waals surface area contributed by atoms with Crippen LogP contribution in [0.15, 0.2) is 108 Å². The van der Waals surface area contributed by atoms with Crippen LogP contribution in [-0.4, -0.2) is 32.8 Å². The molecule has 13 heteroatoms. The van der Waals surface area contributed by atoms with E-state index in [0.29, 0.717) is 21.8 Å². The fourth-order valence-electron chi connectivity index (χ4n) is 4.11. The summed E-state index contributed by atoms with van der Waals surface area (Å²) in [6.07, 6.45) is 1.24. The number of nitro benzene ring substituents is 2. The van der Waals surface area contributed by atoms with Crippen LogP contribution in [0.25, 0.3) is 6.08 Å². The monoisotopic (exact) mass is 625 g/mol. The molecule has 0 aliphatic rings. The molecule has 3 N–H and O–H groups in total. The van der Waals surface area contributed by atoms with E-state index in [1.165, 1.54) is 54.2 Å². The predicted octanol–water partition coefficient (Wildman–Crippen LogP) is 6.34. The number of hydrogen-bond acceptors (Lipinski definition) is 8. The Labute approximate surface area is 261 Å². The minimum Gasteiger partial charge on any atom is -0.325 e. The molecule has 3 amide bonds. The molecule has 0 bridgehead atoms. The van der Waals surface area contributed by atoms with Crippen molar-refractivity contribution in [3.8, 4) is 0 Å². The van der Waals surface area contributed by atoms with Crippen molar-refractivity contribution >= 4 is 58.3 Å². The van der Waals surface area contributed by atoms with Crippen molar-refractivity contribution in [1.82, 2.24) is 5.32 Å². The third-order valence-electron chi connectivity index (χ3n) is 6.41. The van der Waals surface area contributed by atoms with Crippen LogP contribution in [0.2, 0.25) is 0 Å². The van der Waals surface area contributed by atoms with Gasteiger partial charge in [-0.05, 0) is 68.0 Å². The first-order chi connectivity index (χ1) is 21.5. The summed E-state index contributed by atoms with van der Waals surface area (Å²) in [5.74, 6) is -1.63. The van der Waals surface area contributed by atoms with Crippen LogP contribution in [0.3, 0.4) is 0 Å². The topological polar surface area (TPSA) is 174 Å². The number of para-hydroxylation sites is 1. The van der Waals surface area contributed by atoms with Gasteiger partial charge in [0.2, 0.25) is 5.91 Å². The second-order valence-corrected chi connectivity index (χ2v) is 11.1. The molecule has 12 nitrogen and oxygen atoms in total. The number of benzene rings is 4. The van der Waals surface area contributed by atoms with Crippen molar-refractivity contribution in [2.45, 2.75) is 24.0 Å². The molecule has 1 unspecified atom stereocenters. The highest BCUT2D eigenvalue weighted by Gasteiger charge is 2.20. The summed E-state index contributed by atoms with van der Waals surface area (Å²) in [5.41, 5.74) is 1.21. The first kappa shape index (κ1) is 32.1. The van der Waals surface area contributed by atoms with Crippen molar-refractivity contribution in [3.63, 3.8) is 0 Å². The summed E-state index contributed by atoms with van der Waals surface area (Å²) in [7, 11) is 0. The van der Waals surface area contributed by atoms with Gasteiger partial charge in [0, 0.05) is 40.0 Å². The van der Waals surface area contributed by atoms with E-state index in [1.54, 1.807) is 74.5 Å². The molecule has 0 spiro atoms. The number of thioether (sulfide) groups is 1. The maximum Gasteiger partial charge on any atom is 0.276 e. The number of nitro groups is 2. The number of carbonyl (C=O) groups is 3. The van der Waals surface area contributed by atoms with E-state index >= 15 is 0 Å². The van der Waals surface area contributed by atoms with Gasteiger partial charge in [0.1, 0.15) is 5.70 Å². The van der Waals surface area contributed by atoms with E-state index in [-0.39, 0.29) is 34.1 Å². The van der Waals surface area contributed by atoms with Crippen LogP contribution in [0, 0.1) is 27.2 Å². The maximum atomic E-state index is 13.4. The molecule has 4 aromatic carbocycles. The van der Waals surface area contributed by atoms with Crippen molar-refractivity contribution in [3.05, 3.63) is 140 Å². The summed E-state index contributed by atoms with van der Waals surface area (Å²) >= 11 is 1.22. The van der Waals surface area contributed by atoms with Gasteiger partial charge in [-0.1, -0.05) is 36.4 Å². The summed E-state index contributed by atoms with van der Waals surface area (Å²) in [4.78, 5) is 61.4. The fraction of sp³-hybridized carbons (Fsp3) is 0.0938. The molecule has 0 aromatic heterocycles. The smallest absolute Gasteiger partial charge is 0.276 e. The molecule has 0 saturated heterocycles. The molecular weight excluding hydrogens is 598 g/mol. The molecule has 228 valence electrons. The summed E-state index contributed by atoms with van der Waals surface area (Å²) in [5, 5.41) is 30.0. The largest absolute Gasteiger partial charge is 0.325 e. The van der Waals surface area contributed by atoms with Crippen LogP contribution >= 0.6 is 11.8 Å². The van der Waals surface area contributed by atoms with Gasteiger partial charge in [0.25, 0.3) is 23.2 Å². The summed E-state index contributed by atoms with van der Waals surface area (Å²) in [6, 6.07) is 24.9. The Morgan fingerprint density at radius 3 is 2.22 bits per heavy atom. The first-order valence-corrected chi connectivity index (χ1v) is 14.4. The lowest BCUT2D eigenvalue weighted by molar-refractivity contribution is -0.385. The molecule has 1 atom stereocenters. The minimum atomic E-state index is -0.723. The molecule has 0 aliphatic carbocycles. The average Bonchev–Trinajstić information content (AvgIpc) is 3.02. The van der Waals surface area contributed by atoms with Gasteiger partial charge >= 0.3 is 0 Å². The molecule has 0 heterocycles. The zero-order valence-corrected chi connectivity index (χ0v) is 24.9. The number of nitrogens with one attached hydrogen (secondary N) is 3. The third kappa shape index (κ3) is 8.61. The number of aryl methyl sites for hydroxylation is 1. The number of hydrogen-bond donors (Lipinski definition) is 3. The Kier molecular flexibility index (Phi) is 10.4. The van der Waals surface area contributed by atoms with Gasteiger partial charge in [-0.25, -0.2) is 0 Å². The molecule has 4 aromatic rings. The number of amides is 3.